The Bertz CT molecular complexity index is 279. The van der Waals surface area contributed by atoms with E-state index in [1.54, 1.807) is 12.1 Å². The van der Waals surface area contributed by atoms with Crippen LogP contribution in [0.15, 0.2) is 24.3 Å². The van der Waals surface area contributed by atoms with Crippen molar-refractivity contribution in [3.05, 3.63) is 30.1 Å². The van der Waals surface area contributed by atoms with Crippen molar-refractivity contribution in [2.75, 3.05) is 0 Å². The molecule has 0 aromatic heterocycles. The second-order valence-corrected chi connectivity index (χ2v) is 3.43. The summed E-state index contributed by atoms with van der Waals surface area (Å²) in [5.41, 5.74) is 5.61. The summed E-state index contributed by atoms with van der Waals surface area (Å²) < 4.78 is 18.0. The summed E-state index contributed by atoms with van der Waals surface area (Å²) in [6, 6.07) is 6.35. The topological polar surface area (TPSA) is 35.2 Å². The molecule has 0 saturated heterocycles. The van der Waals surface area contributed by atoms with Crippen LogP contribution in [0.25, 0.3) is 0 Å². The van der Waals surface area contributed by atoms with Crippen molar-refractivity contribution in [2.24, 2.45) is 5.73 Å². The van der Waals surface area contributed by atoms with Crippen LogP contribution in [0.3, 0.4) is 0 Å². The van der Waals surface area contributed by atoms with Gasteiger partial charge >= 0.3 is 0 Å². The van der Waals surface area contributed by atoms with Crippen LogP contribution in [-0.4, -0.2) is 12.1 Å². The Morgan fingerprint density at radius 1 is 1.23 bits per heavy atom. The van der Waals surface area contributed by atoms with Crippen molar-refractivity contribution >= 4 is 0 Å². The molecule has 0 bridgehead atoms. The van der Waals surface area contributed by atoms with Gasteiger partial charge in [-0.15, -0.1) is 0 Å². The first-order chi connectivity index (χ1) is 6.24. The highest BCUT2D eigenvalue weighted by Crippen LogP contribution is 2.24. The van der Waals surface area contributed by atoms with Gasteiger partial charge in [-0.05, 0) is 37.1 Å². The zero-order valence-electron chi connectivity index (χ0n) is 7.24. The summed E-state index contributed by atoms with van der Waals surface area (Å²) in [5.74, 6) is 0.482. The largest absolute Gasteiger partial charge is 0.490 e. The van der Waals surface area contributed by atoms with E-state index < -0.39 is 0 Å². The van der Waals surface area contributed by atoms with E-state index in [9.17, 15) is 4.39 Å². The normalized spacial score (nSPS) is 26.6. The zero-order valence-corrected chi connectivity index (χ0v) is 7.24. The van der Waals surface area contributed by atoms with Crippen molar-refractivity contribution in [2.45, 2.75) is 25.0 Å². The fourth-order valence-corrected chi connectivity index (χ4v) is 1.41. The van der Waals surface area contributed by atoms with Crippen LogP contribution in [0.2, 0.25) is 0 Å². The first-order valence-corrected chi connectivity index (χ1v) is 4.42. The molecular formula is C10H12FNO. The number of hydrogen-bond acceptors (Lipinski definition) is 2. The van der Waals surface area contributed by atoms with Crippen molar-refractivity contribution in [3.63, 3.8) is 0 Å². The Labute approximate surface area is 76.5 Å². The standard InChI is InChI=1S/C10H12FNO/c11-7-1-3-9(4-2-7)13-10-5-8(12)6-10/h1-4,8,10H,5-6,12H2/t8-,10-. The molecule has 2 rings (SSSR count). The molecule has 1 aliphatic rings. The number of hydrogen-bond donors (Lipinski definition) is 1. The Kier molecular flexibility index (Phi) is 2.19. The van der Waals surface area contributed by atoms with Gasteiger partial charge in [-0.3, -0.25) is 0 Å². The fourth-order valence-electron chi connectivity index (χ4n) is 1.41. The number of rotatable bonds is 2. The highest BCUT2D eigenvalue weighted by molar-refractivity contribution is 5.22. The molecule has 2 nitrogen and oxygen atoms in total. The molecule has 3 heteroatoms. The van der Waals surface area contributed by atoms with Gasteiger partial charge in [0.1, 0.15) is 17.7 Å². The van der Waals surface area contributed by atoms with Gasteiger partial charge in [-0.1, -0.05) is 0 Å². The van der Waals surface area contributed by atoms with E-state index in [0.29, 0.717) is 0 Å². The molecule has 13 heavy (non-hydrogen) atoms. The fraction of sp³-hybridized carbons (Fsp3) is 0.400. The van der Waals surface area contributed by atoms with Crippen LogP contribution in [-0.2, 0) is 0 Å². The smallest absolute Gasteiger partial charge is 0.123 e. The molecular weight excluding hydrogens is 169 g/mol. The maximum absolute atomic E-state index is 12.5. The molecule has 1 aromatic carbocycles. The number of halogens is 1. The summed E-state index contributed by atoms with van der Waals surface area (Å²) >= 11 is 0. The predicted octanol–water partition coefficient (Wildman–Crippen LogP) is 1.69. The Morgan fingerprint density at radius 3 is 2.38 bits per heavy atom. The minimum absolute atomic E-state index is 0.223. The van der Waals surface area contributed by atoms with E-state index >= 15 is 0 Å². The number of nitrogens with two attached hydrogens (primary N) is 1. The summed E-state index contributed by atoms with van der Waals surface area (Å²) in [6.45, 7) is 0. The predicted molar refractivity (Wildman–Crippen MR) is 48.0 cm³/mol. The lowest BCUT2D eigenvalue weighted by Gasteiger charge is -2.32. The third kappa shape index (κ3) is 1.98. The van der Waals surface area contributed by atoms with E-state index in [2.05, 4.69) is 0 Å². The van der Waals surface area contributed by atoms with Gasteiger partial charge in [0.05, 0.1) is 0 Å². The molecule has 0 atom stereocenters. The van der Waals surface area contributed by atoms with Crippen LogP contribution >= 0.6 is 0 Å². The first-order valence-electron chi connectivity index (χ1n) is 4.42. The van der Waals surface area contributed by atoms with Gasteiger partial charge in [-0.25, -0.2) is 4.39 Å². The maximum Gasteiger partial charge on any atom is 0.123 e. The molecule has 1 fully saturated rings. The molecule has 70 valence electrons. The second-order valence-electron chi connectivity index (χ2n) is 3.43. The van der Waals surface area contributed by atoms with Crippen molar-refractivity contribution in [3.8, 4) is 5.75 Å². The first kappa shape index (κ1) is 8.51. The van der Waals surface area contributed by atoms with Gasteiger partial charge in [0.15, 0.2) is 0 Å². The van der Waals surface area contributed by atoms with Crippen LogP contribution in [0.1, 0.15) is 12.8 Å². The van der Waals surface area contributed by atoms with Gasteiger partial charge in [0.25, 0.3) is 0 Å². The minimum atomic E-state index is -0.238. The molecule has 0 heterocycles. The van der Waals surface area contributed by atoms with Crippen molar-refractivity contribution in [1.29, 1.82) is 0 Å². The monoisotopic (exact) mass is 181 g/mol. The minimum Gasteiger partial charge on any atom is -0.490 e. The summed E-state index contributed by atoms with van der Waals surface area (Å²) in [5, 5.41) is 0. The molecule has 1 saturated carbocycles. The molecule has 1 aromatic rings. The lowest BCUT2D eigenvalue weighted by Crippen LogP contribution is -2.43. The SMILES string of the molecule is N[C@H]1C[C@H](Oc2ccc(F)cc2)C1. The summed E-state index contributed by atoms with van der Waals surface area (Å²) in [6.07, 6.45) is 2.02. The second kappa shape index (κ2) is 3.34. The van der Waals surface area contributed by atoms with E-state index in [0.717, 1.165) is 18.6 Å². The van der Waals surface area contributed by atoms with E-state index in [4.69, 9.17) is 10.5 Å². The molecule has 0 amide bonds. The van der Waals surface area contributed by atoms with Crippen LogP contribution < -0.4 is 10.5 Å². The van der Waals surface area contributed by atoms with Crippen molar-refractivity contribution in [1.82, 2.24) is 0 Å². The molecule has 0 unspecified atom stereocenters. The van der Waals surface area contributed by atoms with Gasteiger partial charge in [0.2, 0.25) is 0 Å². The number of ether oxygens (including phenoxy) is 1. The van der Waals surface area contributed by atoms with Crippen LogP contribution in [0.5, 0.6) is 5.75 Å². The highest BCUT2D eigenvalue weighted by Gasteiger charge is 2.27. The quantitative estimate of drug-likeness (QED) is 0.753. The van der Waals surface area contributed by atoms with E-state index in [1.807, 2.05) is 0 Å². The number of benzene rings is 1. The van der Waals surface area contributed by atoms with Gasteiger partial charge in [0, 0.05) is 6.04 Å². The molecule has 0 spiro atoms. The Balaban J connectivity index is 1.91. The Morgan fingerprint density at radius 2 is 1.85 bits per heavy atom. The zero-order chi connectivity index (χ0) is 9.26. The third-order valence-electron chi connectivity index (χ3n) is 2.25. The highest BCUT2D eigenvalue weighted by atomic mass is 19.1. The summed E-state index contributed by atoms with van der Waals surface area (Å²) in [4.78, 5) is 0. The average Bonchev–Trinajstić information content (AvgIpc) is 2.06. The van der Waals surface area contributed by atoms with Crippen molar-refractivity contribution < 1.29 is 9.13 Å². The van der Waals surface area contributed by atoms with E-state index in [1.165, 1.54) is 12.1 Å². The third-order valence-corrected chi connectivity index (χ3v) is 2.25. The molecule has 0 aliphatic heterocycles. The lowest BCUT2D eigenvalue weighted by atomic mass is 9.90. The lowest BCUT2D eigenvalue weighted by molar-refractivity contribution is 0.101. The van der Waals surface area contributed by atoms with E-state index in [-0.39, 0.29) is 18.0 Å². The average molecular weight is 181 g/mol. The van der Waals surface area contributed by atoms with Gasteiger partial charge < -0.3 is 10.5 Å². The summed E-state index contributed by atoms with van der Waals surface area (Å²) in [7, 11) is 0. The van der Waals surface area contributed by atoms with Gasteiger partial charge in [-0.2, -0.15) is 0 Å². The van der Waals surface area contributed by atoms with Crippen LogP contribution in [0.4, 0.5) is 4.39 Å². The maximum atomic E-state index is 12.5. The Hall–Kier alpha value is -1.09. The molecule has 2 N–H and O–H groups in total. The molecule has 1 aliphatic carbocycles. The molecule has 0 radical (unpaired) electrons. The van der Waals surface area contributed by atoms with Crippen LogP contribution in [0, 0.1) is 5.82 Å².